The van der Waals surface area contributed by atoms with Crippen molar-refractivity contribution in [2.75, 3.05) is 6.61 Å². The predicted octanol–water partition coefficient (Wildman–Crippen LogP) is 1.76. The van der Waals surface area contributed by atoms with Gasteiger partial charge in [0.15, 0.2) is 0 Å². The zero-order valence-corrected chi connectivity index (χ0v) is 7.74. The Morgan fingerprint density at radius 1 is 1.46 bits per heavy atom. The van der Waals surface area contributed by atoms with Gasteiger partial charge in [0.1, 0.15) is 0 Å². The summed E-state index contributed by atoms with van der Waals surface area (Å²) >= 11 is 0. The maximum Gasteiger partial charge on any atom is 0.0449 e. The third-order valence-electron chi connectivity index (χ3n) is 1.87. The lowest BCUT2D eigenvalue weighted by Gasteiger charge is -2.02. The van der Waals surface area contributed by atoms with Gasteiger partial charge in [0.2, 0.25) is 0 Å². The molecule has 0 fully saturated rings. The van der Waals surface area contributed by atoms with E-state index in [0.29, 0.717) is 5.92 Å². The summed E-state index contributed by atoms with van der Waals surface area (Å²) in [5.74, 6) is 6.64. The van der Waals surface area contributed by atoms with E-state index in [0.717, 1.165) is 25.7 Å². The van der Waals surface area contributed by atoms with E-state index in [4.69, 9.17) is 5.11 Å². The fourth-order valence-corrected chi connectivity index (χ4v) is 1.10. The first-order valence-corrected chi connectivity index (χ1v) is 4.71. The molecular formula is C11H15NO. The third kappa shape index (κ3) is 4.49. The molecule has 1 heterocycles. The van der Waals surface area contributed by atoms with Crippen LogP contribution in [-0.2, 0) is 0 Å². The number of aliphatic hydroxyl groups is 1. The van der Waals surface area contributed by atoms with E-state index in [-0.39, 0.29) is 6.61 Å². The smallest absolute Gasteiger partial charge is 0.0449 e. The average Bonchev–Trinajstić information content (AvgIpc) is 2.19. The molecule has 0 amide bonds. The number of aliphatic imine (C=N–C) groups is 1. The van der Waals surface area contributed by atoms with Gasteiger partial charge in [0.05, 0.1) is 0 Å². The molecule has 0 aromatic rings. The molecule has 1 aliphatic heterocycles. The summed E-state index contributed by atoms with van der Waals surface area (Å²) in [6, 6.07) is 0. The van der Waals surface area contributed by atoms with Crippen LogP contribution in [0.3, 0.4) is 0 Å². The Labute approximate surface area is 79.4 Å². The molecule has 70 valence electrons. The highest BCUT2D eigenvalue weighted by atomic mass is 16.2. The molecule has 0 aromatic heterocycles. The normalized spacial score (nSPS) is 19.6. The fourth-order valence-electron chi connectivity index (χ4n) is 1.10. The molecule has 0 saturated carbocycles. The summed E-state index contributed by atoms with van der Waals surface area (Å²) in [6.45, 7) is 0.275. The van der Waals surface area contributed by atoms with Crippen LogP contribution in [-0.4, -0.2) is 17.9 Å². The summed E-state index contributed by atoms with van der Waals surface area (Å²) < 4.78 is 0. The molecule has 0 saturated heterocycles. The molecule has 2 heteroatoms. The number of nitrogens with zero attached hydrogens (tertiary/aromatic N) is 1. The lowest BCUT2D eigenvalue weighted by Crippen LogP contribution is -1.96. The number of rotatable bonds is 3. The zero-order valence-electron chi connectivity index (χ0n) is 7.74. The van der Waals surface area contributed by atoms with Crippen LogP contribution in [0.1, 0.15) is 25.7 Å². The van der Waals surface area contributed by atoms with Crippen LogP contribution in [0.4, 0.5) is 0 Å². The summed E-state index contributed by atoms with van der Waals surface area (Å²) in [4.78, 5) is 3.98. The second-order valence-electron chi connectivity index (χ2n) is 3.02. The second-order valence-corrected chi connectivity index (χ2v) is 3.02. The number of unbranched alkanes of at least 4 members (excludes halogenated alkanes) is 2. The van der Waals surface area contributed by atoms with Crippen molar-refractivity contribution >= 4 is 6.21 Å². The van der Waals surface area contributed by atoms with E-state index in [1.54, 1.807) is 6.20 Å². The highest BCUT2D eigenvalue weighted by Gasteiger charge is 1.99. The summed E-state index contributed by atoms with van der Waals surface area (Å²) in [6.07, 6.45) is 9.40. The molecule has 1 rings (SSSR count). The van der Waals surface area contributed by atoms with Crippen molar-refractivity contribution < 1.29 is 5.11 Å². The number of hydrogen-bond donors (Lipinski definition) is 1. The van der Waals surface area contributed by atoms with Gasteiger partial charge in [-0.25, -0.2) is 0 Å². The Balaban J connectivity index is 2.15. The van der Waals surface area contributed by atoms with Crippen LogP contribution in [0.15, 0.2) is 17.3 Å². The molecular weight excluding hydrogens is 162 g/mol. The van der Waals surface area contributed by atoms with Gasteiger partial charge in [-0.3, -0.25) is 4.99 Å². The maximum absolute atomic E-state index is 8.54. The van der Waals surface area contributed by atoms with Crippen LogP contribution in [0, 0.1) is 17.8 Å². The molecule has 0 spiro atoms. The number of hydrogen-bond acceptors (Lipinski definition) is 2. The van der Waals surface area contributed by atoms with Crippen molar-refractivity contribution in [2.45, 2.75) is 25.7 Å². The van der Waals surface area contributed by atoms with Crippen LogP contribution in [0.2, 0.25) is 0 Å². The zero-order chi connectivity index (χ0) is 9.36. The maximum atomic E-state index is 8.54. The molecule has 1 N–H and O–H groups in total. The molecule has 2 nitrogen and oxygen atoms in total. The Bertz CT molecular complexity index is 245. The summed E-state index contributed by atoms with van der Waals surface area (Å²) in [5, 5.41) is 8.54. The standard InChI is InChI=1S/C11H15NO/c13-10-4-2-1-3-5-11-6-8-12-9-7-11/h6,8-9,11,13H,1-2,4,7,10H2. The van der Waals surface area contributed by atoms with E-state index in [1.807, 2.05) is 12.3 Å². The van der Waals surface area contributed by atoms with Gasteiger partial charge in [-0.05, 0) is 12.8 Å². The molecule has 1 atom stereocenters. The van der Waals surface area contributed by atoms with Crippen LogP contribution < -0.4 is 0 Å². The minimum Gasteiger partial charge on any atom is -0.396 e. The predicted molar refractivity (Wildman–Crippen MR) is 54.5 cm³/mol. The molecule has 1 aliphatic rings. The lowest BCUT2D eigenvalue weighted by atomic mass is 10.1. The lowest BCUT2D eigenvalue weighted by molar-refractivity contribution is 0.285. The first-order chi connectivity index (χ1) is 6.43. The minimum atomic E-state index is 0.275. The van der Waals surface area contributed by atoms with Gasteiger partial charge in [0.25, 0.3) is 0 Å². The highest BCUT2D eigenvalue weighted by molar-refractivity contribution is 5.61. The van der Waals surface area contributed by atoms with E-state index in [9.17, 15) is 0 Å². The fraction of sp³-hybridized carbons (Fsp3) is 0.545. The first-order valence-electron chi connectivity index (χ1n) is 4.71. The number of allylic oxidation sites excluding steroid dienone is 1. The van der Waals surface area contributed by atoms with E-state index < -0.39 is 0 Å². The second kappa shape index (κ2) is 6.45. The Morgan fingerprint density at radius 3 is 3.08 bits per heavy atom. The quantitative estimate of drug-likeness (QED) is 0.517. The monoisotopic (exact) mass is 177 g/mol. The number of aliphatic hydroxyl groups excluding tert-OH is 1. The molecule has 13 heavy (non-hydrogen) atoms. The average molecular weight is 177 g/mol. The van der Waals surface area contributed by atoms with Crippen molar-refractivity contribution in [3.63, 3.8) is 0 Å². The SMILES string of the molecule is OCCCCC#CC1C=CN=CC1. The molecule has 0 aliphatic carbocycles. The van der Waals surface area contributed by atoms with Crippen molar-refractivity contribution in [1.82, 2.24) is 0 Å². The Hall–Kier alpha value is -1.07. The van der Waals surface area contributed by atoms with Crippen LogP contribution in [0.25, 0.3) is 0 Å². The van der Waals surface area contributed by atoms with E-state index >= 15 is 0 Å². The van der Waals surface area contributed by atoms with Crippen LogP contribution in [0.5, 0.6) is 0 Å². The van der Waals surface area contributed by atoms with Crippen molar-refractivity contribution in [1.29, 1.82) is 0 Å². The third-order valence-corrected chi connectivity index (χ3v) is 1.87. The van der Waals surface area contributed by atoms with E-state index in [1.165, 1.54) is 0 Å². The van der Waals surface area contributed by atoms with Crippen molar-refractivity contribution in [3.05, 3.63) is 12.3 Å². The van der Waals surface area contributed by atoms with Gasteiger partial charge in [0, 0.05) is 37.8 Å². The van der Waals surface area contributed by atoms with Crippen molar-refractivity contribution in [2.24, 2.45) is 10.9 Å². The topological polar surface area (TPSA) is 32.6 Å². The van der Waals surface area contributed by atoms with Crippen LogP contribution >= 0.6 is 0 Å². The van der Waals surface area contributed by atoms with Gasteiger partial charge in [-0.2, -0.15) is 0 Å². The first kappa shape index (κ1) is 10.0. The molecule has 0 radical (unpaired) electrons. The van der Waals surface area contributed by atoms with Gasteiger partial charge < -0.3 is 5.11 Å². The molecule has 0 aromatic carbocycles. The Kier molecular flexibility index (Phi) is 4.97. The summed E-state index contributed by atoms with van der Waals surface area (Å²) in [7, 11) is 0. The van der Waals surface area contributed by atoms with Crippen molar-refractivity contribution in [3.8, 4) is 11.8 Å². The highest BCUT2D eigenvalue weighted by Crippen LogP contribution is 2.06. The molecule has 0 bridgehead atoms. The van der Waals surface area contributed by atoms with Gasteiger partial charge >= 0.3 is 0 Å². The minimum absolute atomic E-state index is 0.275. The molecule has 1 unspecified atom stereocenters. The van der Waals surface area contributed by atoms with E-state index in [2.05, 4.69) is 16.8 Å². The van der Waals surface area contributed by atoms with Gasteiger partial charge in [-0.15, -0.1) is 5.92 Å². The Morgan fingerprint density at radius 2 is 2.38 bits per heavy atom. The largest absolute Gasteiger partial charge is 0.396 e. The summed E-state index contributed by atoms with van der Waals surface area (Å²) in [5.41, 5.74) is 0. The van der Waals surface area contributed by atoms with Gasteiger partial charge in [-0.1, -0.05) is 12.0 Å².